The number of fused-ring (bicyclic) bond motifs is 5. The van der Waals surface area contributed by atoms with Crippen molar-refractivity contribution in [2.24, 2.45) is 34.5 Å². The Hall–Kier alpha value is -0.670. The fourth-order valence-electron chi connectivity index (χ4n) is 7.04. The third-order valence-electron chi connectivity index (χ3n) is 8.35. The van der Waals surface area contributed by atoms with Crippen LogP contribution in [-0.4, -0.2) is 28.7 Å². The molecule has 2 unspecified atom stereocenters. The van der Waals surface area contributed by atoms with Crippen LogP contribution in [0, 0.1) is 34.5 Å². The second kappa shape index (κ2) is 5.16. The Kier molecular flexibility index (Phi) is 3.55. The summed E-state index contributed by atoms with van der Waals surface area (Å²) in [6.07, 6.45) is 8.55. The van der Waals surface area contributed by atoms with E-state index < -0.39 is 0 Å². The molecule has 128 valence electrons. The van der Waals surface area contributed by atoms with Gasteiger partial charge in [0.05, 0.1) is 12.7 Å². The summed E-state index contributed by atoms with van der Waals surface area (Å²) in [4.78, 5) is 12.1. The molecule has 0 spiro atoms. The Bertz CT molecular complexity index is 553. The van der Waals surface area contributed by atoms with Crippen LogP contribution in [0.1, 0.15) is 58.8 Å². The summed E-state index contributed by atoms with van der Waals surface area (Å²) in [5, 5.41) is 20.9. The van der Waals surface area contributed by atoms with Crippen LogP contribution >= 0.6 is 0 Å². The number of Topliss-reactive ketones (excluding diaryl/α,β-unsaturated/α-hetero) is 1. The molecule has 0 aromatic rings. The van der Waals surface area contributed by atoms with Crippen LogP contribution in [0.15, 0.2) is 11.6 Å². The van der Waals surface area contributed by atoms with Gasteiger partial charge in [-0.25, -0.2) is 0 Å². The van der Waals surface area contributed by atoms with E-state index in [9.17, 15) is 15.0 Å². The molecule has 4 rings (SSSR count). The van der Waals surface area contributed by atoms with Gasteiger partial charge in [0.15, 0.2) is 0 Å². The van der Waals surface area contributed by atoms with Gasteiger partial charge < -0.3 is 10.2 Å². The Balaban J connectivity index is 1.75. The SMILES string of the molecule is CC1CC(=O)CC2=CC[C@@H]3[C@@H](CC[C@]4(C)C(O)CC[C@@H]34)[C@]21CO. The monoisotopic (exact) mass is 318 g/mol. The smallest absolute Gasteiger partial charge is 0.137 e. The molecule has 4 aliphatic rings. The zero-order valence-corrected chi connectivity index (χ0v) is 14.4. The van der Waals surface area contributed by atoms with Crippen LogP contribution in [0.5, 0.6) is 0 Å². The van der Waals surface area contributed by atoms with E-state index in [1.165, 1.54) is 5.57 Å². The zero-order valence-electron chi connectivity index (χ0n) is 14.4. The predicted octanol–water partition coefficient (Wildman–Crippen LogP) is 3.10. The first-order valence-electron chi connectivity index (χ1n) is 9.43. The van der Waals surface area contributed by atoms with E-state index in [0.29, 0.717) is 36.4 Å². The number of aliphatic hydroxyl groups excluding tert-OH is 2. The molecule has 3 nitrogen and oxygen atoms in total. The van der Waals surface area contributed by atoms with Crippen molar-refractivity contribution in [3.63, 3.8) is 0 Å². The molecule has 0 aromatic carbocycles. The minimum Gasteiger partial charge on any atom is -0.395 e. The summed E-state index contributed by atoms with van der Waals surface area (Å²) >= 11 is 0. The summed E-state index contributed by atoms with van der Waals surface area (Å²) in [7, 11) is 0. The molecule has 4 aliphatic carbocycles. The summed E-state index contributed by atoms with van der Waals surface area (Å²) < 4.78 is 0. The molecule has 0 heterocycles. The van der Waals surface area contributed by atoms with Crippen LogP contribution in [0.4, 0.5) is 0 Å². The van der Waals surface area contributed by atoms with Crippen molar-refractivity contribution in [1.82, 2.24) is 0 Å². The lowest BCUT2D eigenvalue weighted by Gasteiger charge is -2.59. The van der Waals surface area contributed by atoms with Crippen LogP contribution in [-0.2, 0) is 4.79 Å². The fraction of sp³-hybridized carbons (Fsp3) is 0.850. The highest BCUT2D eigenvalue weighted by Crippen LogP contribution is 2.65. The van der Waals surface area contributed by atoms with Gasteiger partial charge in [-0.05, 0) is 61.2 Å². The standard InChI is InChI=1S/C20H30O3/c1-12-9-14(22)10-13-3-4-15-16-5-6-18(23)19(16,2)8-7-17(15)20(12,13)11-21/h3,12,15-18,21,23H,4-11H2,1-2H3/t12?,15-,16-,17+,18?,19-,20-/m0/s1. The highest BCUT2D eigenvalue weighted by molar-refractivity contribution is 5.83. The summed E-state index contributed by atoms with van der Waals surface area (Å²) in [5.41, 5.74) is 1.12. The van der Waals surface area contributed by atoms with Gasteiger partial charge >= 0.3 is 0 Å². The molecule has 3 saturated carbocycles. The van der Waals surface area contributed by atoms with E-state index in [-0.39, 0.29) is 29.5 Å². The number of carbonyl (C=O) groups excluding carboxylic acids is 1. The maximum atomic E-state index is 12.1. The maximum absolute atomic E-state index is 12.1. The third kappa shape index (κ3) is 1.93. The first kappa shape index (κ1) is 15.8. The molecule has 0 aliphatic heterocycles. The van der Waals surface area contributed by atoms with E-state index in [1.54, 1.807) is 0 Å². The number of hydrogen-bond donors (Lipinski definition) is 2. The Labute approximate surface area is 139 Å². The normalized spacial score (nSPS) is 52.4. The minimum absolute atomic E-state index is 0.0663. The average Bonchev–Trinajstić information content (AvgIpc) is 2.82. The van der Waals surface area contributed by atoms with Gasteiger partial charge in [0, 0.05) is 18.3 Å². The third-order valence-corrected chi connectivity index (χ3v) is 8.35. The number of allylic oxidation sites excluding steroid dienone is 1. The van der Waals surface area contributed by atoms with Crippen molar-refractivity contribution in [2.75, 3.05) is 6.61 Å². The highest BCUT2D eigenvalue weighted by Gasteiger charge is 2.61. The van der Waals surface area contributed by atoms with E-state index in [2.05, 4.69) is 19.9 Å². The van der Waals surface area contributed by atoms with Gasteiger partial charge in [-0.1, -0.05) is 25.5 Å². The van der Waals surface area contributed by atoms with Gasteiger partial charge in [0.2, 0.25) is 0 Å². The molecule has 7 atom stereocenters. The molecule has 23 heavy (non-hydrogen) atoms. The number of aliphatic hydroxyl groups is 2. The fourth-order valence-corrected chi connectivity index (χ4v) is 7.04. The number of ketones is 1. The van der Waals surface area contributed by atoms with Crippen molar-refractivity contribution in [3.05, 3.63) is 11.6 Å². The van der Waals surface area contributed by atoms with Crippen molar-refractivity contribution in [2.45, 2.75) is 64.9 Å². The van der Waals surface area contributed by atoms with Gasteiger partial charge in [0.25, 0.3) is 0 Å². The van der Waals surface area contributed by atoms with Crippen molar-refractivity contribution >= 4 is 5.78 Å². The summed E-state index contributed by atoms with van der Waals surface area (Å²) in [6.45, 7) is 4.63. The van der Waals surface area contributed by atoms with Crippen LogP contribution in [0.2, 0.25) is 0 Å². The molecule has 2 N–H and O–H groups in total. The topological polar surface area (TPSA) is 57.5 Å². The minimum atomic E-state index is -0.175. The lowest BCUT2D eigenvalue weighted by Crippen LogP contribution is -2.55. The summed E-state index contributed by atoms with van der Waals surface area (Å²) in [6, 6.07) is 0. The van der Waals surface area contributed by atoms with Crippen LogP contribution in [0.3, 0.4) is 0 Å². The molecule has 0 radical (unpaired) electrons. The van der Waals surface area contributed by atoms with Gasteiger partial charge in [-0.3, -0.25) is 4.79 Å². The lowest BCUT2D eigenvalue weighted by molar-refractivity contribution is -0.130. The molecule has 3 heteroatoms. The number of hydrogen-bond acceptors (Lipinski definition) is 3. The Morgan fingerprint density at radius 1 is 1.26 bits per heavy atom. The van der Waals surface area contributed by atoms with E-state index in [0.717, 1.165) is 32.1 Å². The molecule has 0 bridgehead atoms. The lowest BCUT2D eigenvalue weighted by atomic mass is 9.45. The van der Waals surface area contributed by atoms with Crippen molar-refractivity contribution in [1.29, 1.82) is 0 Å². The second-order valence-electron chi connectivity index (χ2n) is 9.00. The Morgan fingerprint density at radius 2 is 2.04 bits per heavy atom. The largest absolute Gasteiger partial charge is 0.395 e. The van der Waals surface area contributed by atoms with Crippen LogP contribution < -0.4 is 0 Å². The van der Waals surface area contributed by atoms with Gasteiger partial charge in [-0.2, -0.15) is 0 Å². The first-order valence-corrected chi connectivity index (χ1v) is 9.43. The maximum Gasteiger partial charge on any atom is 0.137 e. The molecular formula is C20H30O3. The predicted molar refractivity (Wildman–Crippen MR) is 88.7 cm³/mol. The second-order valence-corrected chi connectivity index (χ2v) is 9.00. The Morgan fingerprint density at radius 3 is 2.78 bits per heavy atom. The summed E-state index contributed by atoms with van der Waals surface area (Å²) in [5.74, 6) is 2.20. The van der Waals surface area contributed by atoms with Gasteiger partial charge in [-0.15, -0.1) is 0 Å². The van der Waals surface area contributed by atoms with Crippen molar-refractivity contribution in [3.8, 4) is 0 Å². The highest BCUT2D eigenvalue weighted by atomic mass is 16.3. The molecular weight excluding hydrogens is 288 g/mol. The van der Waals surface area contributed by atoms with Crippen LogP contribution in [0.25, 0.3) is 0 Å². The zero-order chi connectivity index (χ0) is 16.4. The molecule has 0 amide bonds. The van der Waals surface area contributed by atoms with Gasteiger partial charge in [0.1, 0.15) is 5.78 Å². The van der Waals surface area contributed by atoms with E-state index in [1.807, 2.05) is 0 Å². The van der Waals surface area contributed by atoms with Crippen molar-refractivity contribution < 1.29 is 15.0 Å². The van der Waals surface area contributed by atoms with E-state index >= 15 is 0 Å². The molecule has 0 saturated heterocycles. The number of carbonyl (C=O) groups is 1. The quantitative estimate of drug-likeness (QED) is 0.731. The first-order chi connectivity index (χ1) is 10.9. The average molecular weight is 318 g/mol. The molecule has 3 fully saturated rings. The molecule has 0 aromatic heterocycles. The van der Waals surface area contributed by atoms with E-state index in [4.69, 9.17) is 0 Å². The number of rotatable bonds is 1.